The maximum absolute atomic E-state index is 6.06. The molecule has 1 N–H and O–H groups in total. The van der Waals surface area contributed by atoms with Crippen molar-refractivity contribution in [2.24, 2.45) is 5.92 Å². The van der Waals surface area contributed by atoms with Crippen LogP contribution in [0.25, 0.3) is 11.1 Å². The number of fused-ring (bicyclic) bond motifs is 1. The average molecular weight is 267 g/mol. The van der Waals surface area contributed by atoms with Gasteiger partial charge in [-0.15, -0.1) is 0 Å². The van der Waals surface area contributed by atoms with Crippen LogP contribution < -0.4 is 10.1 Å². The van der Waals surface area contributed by atoms with Crippen LogP contribution in [-0.2, 0) is 0 Å². The van der Waals surface area contributed by atoms with E-state index in [4.69, 9.17) is 4.74 Å². The molecule has 2 atom stereocenters. The van der Waals surface area contributed by atoms with E-state index in [0.717, 1.165) is 18.9 Å². The van der Waals surface area contributed by atoms with Gasteiger partial charge in [-0.05, 0) is 12.1 Å². The van der Waals surface area contributed by atoms with Gasteiger partial charge in [-0.1, -0.05) is 62.4 Å². The summed E-state index contributed by atoms with van der Waals surface area (Å²) >= 11 is 0. The van der Waals surface area contributed by atoms with Crippen molar-refractivity contribution in [1.29, 1.82) is 0 Å². The molecule has 0 saturated carbocycles. The molecule has 0 amide bonds. The summed E-state index contributed by atoms with van der Waals surface area (Å²) in [6, 6.07) is 17.3. The van der Waals surface area contributed by atoms with Crippen LogP contribution in [0, 0.1) is 5.92 Å². The van der Waals surface area contributed by atoms with Crippen LogP contribution in [0.1, 0.15) is 25.5 Å². The second kappa shape index (κ2) is 5.68. The summed E-state index contributed by atoms with van der Waals surface area (Å²) in [5.41, 5.74) is 3.69. The van der Waals surface area contributed by atoms with E-state index in [-0.39, 0.29) is 0 Å². The highest BCUT2D eigenvalue weighted by Gasteiger charge is 2.28. The van der Waals surface area contributed by atoms with Crippen LogP contribution in [0.15, 0.2) is 48.5 Å². The normalized spacial score (nSPS) is 21.1. The Morgan fingerprint density at radius 1 is 1.10 bits per heavy atom. The first-order valence-electron chi connectivity index (χ1n) is 7.35. The van der Waals surface area contributed by atoms with Crippen molar-refractivity contribution in [3.8, 4) is 16.9 Å². The van der Waals surface area contributed by atoms with E-state index in [1.54, 1.807) is 0 Å². The minimum Gasteiger partial charge on any atom is -0.492 e. The van der Waals surface area contributed by atoms with Crippen LogP contribution >= 0.6 is 0 Å². The van der Waals surface area contributed by atoms with Gasteiger partial charge in [0.15, 0.2) is 0 Å². The third kappa shape index (κ3) is 2.32. The van der Waals surface area contributed by atoms with Gasteiger partial charge in [0, 0.05) is 23.1 Å². The smallest absolute Gasteiger partial charge is 0.131 e. The molecule has 0 aromatic heterocycles. The highest BCUT2D eigenvalue weighted by molar-refractivity contribution is 5.72. The molecule has 1 aliphatic heterocycles. The van der Waals surface area contributed by atoms with E-state index in [0.29, 0.717) is 12.0 Å². The van der Waals surface area contributed by atoms with Crippen molar-refractivity contribution in [2.75, 3.05) is 13.2 Å². The number of rotatable bonds is 3. The summed E-state index contributed by atoms with van der Waals surface area (Å²) in [4.78, 5) is 0. The molecule has 104 valence electrons. The Hall–Kier alpha value is -1.80. The number of hydrogen-bond donors (Lipinski definition) is 1. The fraction of sp³-hybridized carbons (Fsp3) is 0.333. The summed E-state index contributed by atoms with van der Waals surface area (Å²) in [5.74, 6) is 1.54. The van der Waals surface area contributed by atoms with E-state index in [1.807, 2.05) is 6.07 Å². The quantitative estimate of drug-likeness (QED) is 0.906. The van der Waals surface area contributed by atoms with Crippen LogP contribution in [-0.4, -0.2) is 13.2 Å². The van der Waals surface area contributed by atoms with Gasteiger partial charge in [0.1, 0.15) is 5.75 Å². The van der Waals surface area contributed by atoms with Gasteiger partial charge in [0.25, 0.3) is 0 Å². The fourth-order valence-corrected chi connectivity index (χ4v) is 2.95. The largest absolute Gasteiger partial charge is 0.492 e. The second-order valence-electron chi connectivity index (χ2n) is 5.41. The molecule has 0 spiro atoms. The molecule has 2 heteroatoms. The van der Waals surface area contributed by atoms with Gasteiger partial charge in [-0.3, -0.25) is 0 Å². The van der Waals surface area contributed by atoms with Crippen LogP contribution in [0.5, 0.6) is 5.75 Å². The lowest BCUT2D eigenvalue weighted by Crippen LogP contribution is -2.34. The molecule has 0 radical (unpaired) electrons. The Morgan fingerprint density at radius 2 is 1.90 bits per heavy atom. The summed E-state index contributed by atoms with van der Waals surface area (Å²) in [6.45, 7) is 6.15. The lowest BCUT2D eigenvalue weighted by molar-refractivity contribution is 0.191. The number of ether oxygens (including phenoxy) is 1. The van der Waals surface area contributed by atoms with E-state index in [9.17, 15) is 0 Å². The molecule has 20 heavy (non-hydrogen) atoms. The van der Waals surface area contributed by atoms with E-state index in [1.165, 1.54) is 16.7 Å². The molecule has 2 aromatic carbocycles. The Labute approximate surface area is 120 Å². The minimum absolute atomic E-state index is 0.382. The lowest BCUT2D eigenvalue weighted by Gasteiger charge is -2.33. The molecule has 0 bridgehead atoms. The molecule has 2 unspecified atom stereocenters. The second-order valence-corrected chi connectivity index (χ2v) is 5.41. The van der Waals surface area contributed by atoms with Crippen LogP contribution in [0.3, 0.4) is 0 Å². The zero-order valence-corrected chi connectivity index (χ0v) is 12.1. The predicted octanol–water partition coefficient (Wildman–Crippen LogP) is 4.03. The van der Waals surface area contributed by atoms with E-state index in [2.05, 4.69) is 61.6 Å². The lowest BCUT2D eigenvalue weighted by atomic mass is 9.89. The molecule has 1 aliphatic rings. The van der Waals surface area contributed by atoms with Crippen LogP contribution in [0.4, 0.5) is 0 Å². The summed E-state index contributed by atoms with van der Waals surface area (Å²) < 4.78 is 6.06. The van der Waals surface area contributed by atoms with Gasteiger partial charge in [-0.2, -0.15) is 0 Å². The maximum atomic E-state index is 6.06. The molecule has 2 aromatic rings. The maximum Gasteiger partial charge on any atom is 0.131 e. The number of hydrogen-bond acceptors (Lipinski definition) is 2. The third-order valence-electron chi connectivity index (χ3n) is 3.95. The Morgan fingerprint density at radius 3 is 2.65 bits per heavy atom. The van der Waals surface area contributed by atoms with Gasteiger partial charge < -0.3 is 10.1 Å². The van der Waals surface area contributed by atoms with Crippen molar-refractivity contribution in [3.05, 3.63) is 54.1 Å². The third-order valence-corrected chi connectivity index (χ3v) is 3.95. The van der Waals surface area contributed by atoms with Gasteiger partial charge in [0.2, 0.25) is 0 Å². The molecule has 1 heterocycles. The van der Waals surface area contributed by atoms with Gasteiger partial charge in [-0.25, -0.2) is 0 Å². The fourth-order valence-electron chi connectivity index (χ4n) is 2.95. The standard InChI is InChI=1S/C18H21NO/c1-3-19-17-13(2)12-20-18-15(10-7-11-16(17)18)14-8-5-4-6-9-14/h4-11,13,17,19H,3,12H2,1-2H3. The molecule has 2 nitrogen and oxygen atoms in total. The van der Waals surface area contributed by atoms with Crippen molar-refractivity contribution < 1.29 is 4.74 Å². The van der Waals surface area contributed by atoms with Crippen LogP contribution in [0.2, 0.25) is 0 Å². The van der Waals surface area contributed by atoms with Crippen molar-refractivity contribution in [1.82, 2.24) is 5.32 Å². The molecule has 3 rings (SSSR count). The first kappa shape index (κ1) is 13.2. The molecular weight excluding hydrogens is 246 g/mol. The molecule has 0 aliphatic carbocycles. The highest BCUT2D eigenvalue weighted by Crippen LogP contribution is 2.41. The molecule has 0 saturated heterocycles. The molecular formula is C18H21NO. The predicted molar refractivity (Wildman–Crippen MR) is 83.0 cm³/mol. The summed E-state index contributed by atoms with van der Waals surface area (Å²) in [6.07, 6.45) is 0. The highest BCUT2D eigenvalue weighted by atomic mass is 16.5. The average Bonchev–Trinajstić information content (AvgIpc) is 2.50. The van der Waals surface area contributed by atoms with Gasteiger partial charge in [0.05, 0.1) is 6.61 Å². The van der Waals surface area contributed by atoms with Crippen molar-refractivity contribution >= 4 is 0 Å². The summed E-state index contributed by atoms with van der Waals surface area (Å²) in [7, 11) is 0. The topological polar surface area (TPSA) is 21.3 Å². The zero-order valence-electron chi connectivity index (χ0n) is 12.1. The number of nitrogens with one attached hydrogen (secondary N) is 1. The Balaban J connectivity index is 2.08. The number of para-hydroxylation sites is 1. The summed E-state index contributed by atoms with van der Waals surface area (Å²) in [5, 5.41) is 3.59. The minimum atomic E-state index is 0.382. The first-order chi connectivity index (χ1) is 9.81. The van der Waals surface area contributed by atoms with Gasteiger partial charge >= 0.3 is 0 Å². The Kier molecular flexibility index (Phi) is 3.75. The Bertz CT molecular complexity index is 579. The molecule has 0 fully saturated rings. The monoisotopic (exact) mass is 267 g/mol. The zero-order chi connectivity index (χ0) is 13.9. The first-order valence-corrected chi connectivity index (χ1v) is 7.35. The SMILES string of the molecule is CCNC1c2cccc(-c3ccccc3)c2OCC1C. The van der Waals surface area contributed by atoms with Crippen molar-refractivity contribution in [3.63, 3.8) is 0 Å². The van der Waals surface area contributed by atoms with Crippen molar-refractivity contribution in [2.45, 2.75) is 19.9 Å². The van der Waals surface area contributed by atoms with E-state index >= 15 is 0 Å². The van der Waals surface area contributed by atoms with E-state index < -0.39 is 0 Å². The number of benzene rings is 2.